The third kappa shape index (κ3) is 5.51. The largest absolute Gasteiger partial charge is 0.457 e. The number of carbonyl (C=O) groups is 1. The first-order valence-electron chi connectivity index (χ1n) is 10.9. The highest BCUT2D eigenvalue weighted by Gasteiger charge is 2.30. The summed E-state index contributed by atoms with van der Waals surface area (Å²) in [5.74, 6) is 0.219. The molecule has 0 aliphatic carbocycles. The minimum absolute atomic E-state index is 0.00285. The maximum atomic E-state index is 13.3. The van der Waals surface area contributed by atoms with E-state index in [0.29, 0.717) is 16.7 Å². The van der Waals surface area contributed by atoms with Crippen molar-refractivity contribution in [1.29, 1.82) is 0 Å². The van der Waals surface area contributed by atoms with Crippen LogP contribution in [0.3, 0.4) is 0 Å². The minimum Gasteiger partial charge on any atom is -0.457 e. The predicted octanol–water partition coefficient (Wildman–Crippen LogP) is 5.79. The first-order valence-corrected chi connectivity index (χ1v) is 10.9. The average Bonchev–Trinajstić information content (AvgIpc) is 2.82. The molecule has 0 radical (unpaired) electrons. The number of hydrogen-bond donors (Lipinski definition) is 1. The summed E-state index contributed by atoms with van der Waals surface area (Å²) in [4.78, 5) is 34.5. The molecule has 1 aromatic heterocycles. The fourth-order valence-corrected chi connectivity index (χ4v) is 3.59. The average molecular weight is 481 g/mol. The van der Waals surface area contributed by atoms with E-state index in [0.717, 1.165) is 12.1 Å². The van der Waals surface area contributed by atoms with Crippen LogP contribution >= 0.6 is 0 Å². The summed E-state index contributed by atoms with van der Waals surface area (Å²) >= 11 is 0. The maximum absolute atomic E-state index is 13.3. The molecular weight excluding hydrogens is 459 g/mol. The van der Waals surface area contributed by atoms with Gasteiger partial charge in [0.1, 0.15) is 17.3 Å². The fourth-order valence-electron chi connectivity index (χ4n) is 3.59. The van der Waals surface area contributed by atoms with Crippen molar-refractivity contribution in [1.82, 2.24) is 14.9 Å². The number of carbonyl (C=O) groups excluding carboxylic acids is 1. The number of H-pyrrole nitrogens is 1. The molecule has 180 valence electrons. The molecule has 1 amide bonds. The molecule has 4 aromatic rings. The minimum atomic E-state index is -4.49. The molecule has 0 spiro atoms. The second-order valence-corrected chi connectivity index (χ2v) is 8.21. The van der Waals surface area contributed by atoms with Crippen LogP contribution in [0.1, 0.15) is 35.6 Å². The van der Waals surface area contributed by atoms with Crippen molar-refractivity contribution < 1.29 is 22.7 Å². The summed E-state index contributed by atoms with van der Waals surface area (Å²) in [5.41, 5.74) is -0.312. The van der Waals surface area contributed by atoms with Gasteiger partial charge in [-0.1, -0.05) is 24.3 Å². The number of alkyl halides is 3. The highest BCUT2D eigenvalue weighted by Crippen LogP contribution is 2.33. The molecule has 0 atom stereocenters. The third-order valence-electron chi connectivity index (χ3n) is 5.34. The van der Waals surface area contributed by atoms with Gasteiger partial charge in [-0.2, -0.15) is 13.2 Å². The normalized spacial score (nSPS) is 11.6. The van der Waals surface area contributed by atoms with Crippen LogP contribution in [0.15, 0.2) is 77.6 Å². The Labute approximate surface area is 199 Å². The molecule has 0 aliphatic heterocycles. The molecule has 1 N–H and O–H groups in total. The number of amides is 1. The van der Waals surface area contributed by atoms with Crippen molar-refractivity contribution in [3.05, 3.63) is 100 Å². The van der Waals surface area contributed by atoms with Gasteiger partial charge in [0.25, 0.3) is 11.5 Å². The Balaban J connectivity index is 1.58. The highest BCUT2D eigenvalue weighted by molar-refractivity contribution is 5.94. The second kappa shape index (κ2) is 9.61. The number of nitrogens with one attached hydrogen (secondary N) is 1. The summed E-state index contributed by atoms with van der Waals surface area (Å²) in [5, 5.41) is 0.457. The second-order valence-electron chi connectivity index (χ2n) is 8.21. The van der Waals surface area contributed by atoms with Gasteiger partial charge < -0.3 is 14.6 Å². The molecule has 0 saturated carbocycles. The van der Waals surface area contributed by atoms with E-state index in [1.165, 1.54) is 23.1 Å². The molecule has 0 saturated heterocycles. The van der Waals surface area contributed by atoms with Crippen molar-refractivity contribution in [2.45, 2.75) is 32.6 Å². The lowest BCUT2D eigenvalue weighted by atomic mass is 10.1. The van der Waals surface area contributed by atoms with Crippen LogP contribution in [0.5, 0.6) is 11.5 Å². The number of aromatic amines is 1. The predicted molar refractivity (Wildman–Crippen MR) is 125 cm³/mol. The van der Waals surface area contributed by atoms with Crippen LogP contribution in [0.2, 0.25) is 0 Å². The van der Waals surface area contributed by atoms with Crippen molar-refractivity contribution in [2.75, 3.05) is 0 Å². The van der Waals surface area contributed by atoms with Gasteiger partial charge >= 0.3 is 6.18 Å². The molecule has 4 rings (SSSR count). The van der Waals surface area contributed by atoms with Crippen molar-refractivity contribution in [2.24, 2.45) is 0 Å². The van der Waals surface area contributed by atoms with Gasteiger partial charge in [0.05, 0.1) is 23.0 Å². The topological polar surface area (TPSA) is 75.3 Å². The maximum Gasteiger partial charge on any atom is 0.416 e. The number of aromatic nitrogens is 2. The lowest BCUT2D eigenvalue weighted by Crippen LogP contribution is -2.37. The molecule has 35 heavy (non-hydrogen) atoms. The lowest BCUT2D eigenvalue weighted by Gasteiger charge is -2.26. The quantitative estimate of drug-likeness (QED) is 0.379. The number of hydrogen-bond acceptors (Lipinski definition) is 4. The zero-order chi connectivity index (χ0) is 25.2. The molecule has 0 aliphatic rings. The monoisotopic (exact) mass is 481 g/mol. The highest BCUT2D eigenvalue weighted by atomic mass is 19.4. The number of benzene rings is 3. The zero-order valence-electron chi connectivity index (χ0n) is 19.0. The third-order valence-corrected chi connectivity index (χ3v) is 5.34. The number of nitrogens with zero attached hydrogens (tertiary/aromatic N) is 2. The van der Waals surface area contributed by atoms with E-state index in [-0.39, 0.29) is 41.1 Å². The van der Waals surface area contributed by atoms with Crippen LogP contribution in [0.4, 0.5) is 13.2 Å². The van der Waals surface area contributed by atoms with E-state index < -0.39 is 11.7 Å². The Morgan fingerprint density at radius 1 is 1.00 bits per heavy atom. The molecule has 0 unspecified atom stereocenters. The smallest absolute Gasteiger partial charge is 0.416 e. The molecule has 0 fully saturated rings. The Kier molecular flexibility index (Phi) is 6.59. The SMILES string of the molecule is CC(C)N(Cc1nc2ccccc2c(=O)[nH]1)C(=O)c1cccc(Oc2cccc(C(F)(F)F)c2)c1. The van der Waals surface area contributed by atoms with Gasteiger partial charge in [-0.25, -0.2) is 4.98 Å². The summed E-state index contributed by atoms with van der Waals surface area (Å²) in [6, 6.07) is 17.4. The Hall–Kier alpha value is -4.14. The van der Waals surface area contributed by atoms with Crippen LogP contribution < -0.4 is 10.3 Å². The number of ether oxygens (including phenoxy) is 1. The van der Waals surface area contributed by atoms with E-state index in [4.69, 9.17) is 4.74 Å². The first kappa shape index (κ1) is 24.0. The number of rotatable bonds is 6. The van der Waals surface area contributed by atoms with Crippen molar-refractivity contribution in [3.63, 3.8) is 0 Å². The number of para-hydroxylation sites is 1. The van der Waals surface area contributed by atoms with Crippen LogP contribution in [0, 0.1) is 0 Å². The first-order chi connectivity index (χ1) is 16.6. The van der Waals surface area contributed by atoms with Crippen molar-refractivity contribution >= 4 is 16.8 Å². The summed E-state index contributed by atoms with van der Waals surface area (Å²) in [6.45, 7) is 3.73. The Morgan fingerprint density at radius 2 is 1.69 bits per heavy atom. The molecule has 9 heteroatoms. The fraction of sp³-hybridized carbons (Fsp3) is 0.192. The van der Waals surface area contributed by atoms with Gasteiger partial charge in [-0.15, -0.1) is 0 Å². The Bertz CT molecular complexity index is 1430. The number of fused-ring (bicyclic) bond motifs is 1. The molecular formula is C26H22F3N3O3. The summed E-state index contributed by atoms with van der Waals surface area (Å²) < 4.78 is 44.6. The van der Waals surface area contributed by atoms with E-state index in [2.05, 4.69) is 9.97 Å². The van der Waals surface area contributed by atoms with Crippen LogP contribution in [-0.4, -0.2) is 26.8 Å². The summed E-state index contributed by atoms with van der Waals surface area (Å²) in [6.07, 6.45) is -4.49. The molecule has 6 nitrogen and oxygen atoms in total. The van der Waals surface area contributed by atoms with Crippen LogP contribution in [-0.2, 0) is 12.7 Å². The van der Waals surface area contributed by atoms with Gasteiger partial charge in [-0.05, 0) is 62.4 Å². The van der Waals surface area contributed by atoms with Crippen LogP contribution in [0.25, 0.3) is 10.9 Å². The van der Waals surface area contributed by atoms with Gasteiger partial charge in [0, 0.05) is 11.6 Å². The molecule has 1 heterocycles. The lowest BCUT2D eigenvalue weighted by molar-refractivity contribution is -0.137. The zero-order valence-corrected chi connectivity index (χ0v) is 19.0. The standard InChI is InChI=1S/C26H22F3N3O3/c1-16(2)32(15-23-30-22-12-4-3-11-21(22)24(33)31-23)25(34)17-7-5-9-19(13-17)35-20-10-6-8-18(14-20)26(27,28)29/h3-14,16H,15H2,1-2H3,(H,30,31,33). The van der Waals surface area contributed by atoms with Gasteiger partial charge in [0.2, 0.25) is 0 Å². The summed E-state index contributed by atoms with van der Waals surface area (Å²) in [7, 11) is 0. The number of halogens is 3. The van der Waals surface area contributed by atoms with E-state index in [1.54, 1.807) is 42.5 Å². The molecule has 0 bridgehead atoms. The van der Waals surface area contributed by atoms with E-state index >= 15 is 0 Å². The van der Waals surface area contributed by atoms with E-state index in [1.807, 2.05) is 13.8 Å². The van der Waals surface area contributed by atoms with Gasteiger partial charge in [0.15, 0.2) is 0 Å². The molecule has 3 aromatic carbocycles. The Morgan fingerprint density at radius 3 is 2.40 bits per heavy atom. The van der Waals surface area contributed by atoms with E-state index in [9.17, 15) is 22.8 Å². The van der Waals surface area contributed by atoms with Crippen molar-refractivity contribution in [3.8, 4) is 11.5 Å². The van der Waals surface area contributed by atoms with Gasteiger partial charge in [-0.3, -0.25) is 9.59 Å².